The topological polar surface area (TPSA) is 46.5 Å². The number of ether oxygens (including phenoxy) is 1. The maximum atomic E-state index is 10.4. The lowest BCUT2D eigenvalue weighted by molar-refractivity contribution is -0.148. The molecule has 1 aromatic rings. The lowest BCUT2D eigenvalue weighted by Crippen LogP contribution is -2.19. The van der Waals surface area contributed by atoms with Crippen LogP contribution in [0.3, 0.4) is 0 Å². The fourth-order valence-corrected chi connectivity index (χ4v) is 0.898. The molecular formula is C12H12O3. The third kappa shape index (κ3) is 4.30. The van der Waals surface area contributed by atoms with Crippen LogP contribution < -0.4 is 0 Å². The minimum absolute atomic E-state index is 0.127. The predicted octanol–water partition coefficient (Wildman–Crippen LogP) is 1.53. The molecule has 0 amide bonds. The molecule has 1 aromatic carbocycles. The van der Waals surface area contributed by atoms with Crippen LogP contribution in [0.15, 0.2) is 30.3 Å². The van der Waals surface area contributed by atoms with Gasteiger partial charge in [0.25, 0.3) is 0 Å². The van der Waals surface area contributed by atoms with Gasteiger partial charge in [0.05, 0.1) is 0 Å². The van der Waals surface area contributed by atoms with Gasteiger partial charge in [-0.05, 0) is 19.1 Å². The number of carboxylic acids is 1. The quantitative estimate of drug-likeness (QED) is 0.759. The zero-order valence-corrected chi connectivity index (χ0v) is 8.43. The summed E-state index contributed by atoms with van der Waals surface area (Å²) < 4.78 is 4.95. The Kier molecular flexibility index (Phi) is 4.39. The Morgan fingerprint density at radius 1 is 1.47 bits per heavy atom. The van der Waals surface area contributed by atoms with Crippen molar-refractivity contribution in [3.05, 3.63) is 35.9 Å². The van der Waals surface area contributed by atoms with Crippen molar-refractivity contribution in [1.29, 1.82) is 0 Å². The summed E-state index contributed by atoms with van der Waals surface area (Å²) in [5.41, 5.74) is 0.893. The molecule has 0 heterocycles. The van der Waals surface area contributed by atoms with E-state index in [-0.39, 0.29) is 6.61 Å². The van der Waals surface area contributed by atoms with Crippen molar-refractivity contribution in [1.82, 2.24) is 0 Å². The smallest absolute Gasteiger partial charge is 0.332 e. The van der Waals surface area contributed by atoms with Gasteiger partial charge in [-0.25, -0.2) is 4.79 Å². The molecule has 0 unspecified atom stereocenters. The summed E-state index contributed by atoms with van der Waals surface area (Å²) in [6.45, 7) is 1.61. The second-order valence-corrected chi connectivity index (χ2v) is 2.96. The van der Waals surface area contributed by atoms with Gasteiger partial charge < -0.3 is 9.84 Å². The summed E-state index contributed by atoms with van der Waals surface area (Å²) in [5.74, 6) is 4.65. The Hall–Kier alpha value is -1.79. The number of rotatable bonds is 3. The molecule has 15 heavy (non-hydrogen) atoms. The zero-order valence-electron chi connectivity index (χ0n) is 8.43. The molecule has 0 saturated carbocycles. The Morgan fingerprint density at radius 3 is 2.73 bits per heavy atom. The van der Waals surface area contributed by atoms with Crippen molar-refractivity contribution in [3.8, 4) is 11.8 Å². The van der Waals surface area contributed by atoms with E-state index in [0.717, 1.165) is 5.56 Å². The van der Waals surface area contributed by atoms with E-state index in [9.17, 15) is 4.79 Å². The third-order valence-electron chi connectivity index (χ3n) is 1.76. The summed E-state index contributed by atoms with van der Waals surface area (Å²) in [7, 11) is 0. The number of carbonyl (C=O) groups is 1. The van der Waals surface area contributed by atoms with E-state index in [4.69, 9.17) is 9.84 Å². The standard InChI is InChI=1S/C12H12O3/c1-10(12(13)14)15-9-5-8-11-6-3-2-4-7-11/h2-4,6-7,10H,9H2,1H3,(H,13,14)/t10-/m0/s1. The molecule has 3 nitrogen and oxygen atoms in total. The Bertz CT molecular complexity index is 373. The van der Waals surface area contributed by atoms with Gasteiger partial charge in [-0.3, -0.25) is 0 Å². The second-order valence-electron chi connectivity index (χ2n) is 2.96. The first-order valence-electron chi connectivity index (χ1n) is 4.58. The van der Waals surface area contributed by atoms with E-state index < -0.39 is 12.1 Å². The van der Waals surface area contributed by atoms with E-state index in [0.29, 0.717) is 0 Å². The fraction of sp³-hybridized carbons (Fsp3) is 0.250. The molecule has 0 fully saturated rings. The number of hydrogen-bond acceptors (Lipinski definition) is 2. The van der Waals surface area contributed by atoms with Crippen molar-refractivity contribution in [2.24, 2.45) is 0 Å². The van der Waals surface area contributed by atoms with Crippen molar-refractivity contribution in [2.45, 2.75) is 13.0 Å². The van der Waals surface area contributed by atoms with Crippen LogP contribution in [0.25, 0.3) is 0 Å². The molecular weight excluding hydrogens is 192 g/mol. The molecule has 0 saturated heterocycles. The van der Waals surface area contributed by atoms with Crippen LogP contribution in [-0.4, -0.2) is 23.8 Å². The maximum Gasteiger partial charge on any atom is 0.332 e. The van der Waals surface area contributed by atoms with Gasteiger partial charge in [0.1, 0.15) is 6.61 Å². The Morgan fingerprint density at radius 2 is 2.13 bits per heavy atom. The van der Waals surface area contributed by atoms with Crippen LogP contribution in [0.2, 0.25) is 0 Å². The highest BCUT2D eigenvalue weighted by atomic mass is 16.5. The van der Waals surface area contributed by atoms with Crippen LogP contribution in [0.4, 0.5) is 0 Å². The van der Waals surface area contributed by atoms with E-state index in [1.54, 1.807) is 0 Å². The number of carboxylic acid groups (broad SMARTS) is 1. The number of hydrogen-bond donors (Lipinski definition) is 1. The zero-order chi connectivity index (χ0) is 11.1. The summed E-state index contributed by atoms with van der Waals surface area (Å²) >= 11 is 0. The first-order valence-corrected chi connectivity index (χ1v) is 4.58. The van der Waals surface area contributed by atoms with Gasteiger partial charge in [-0.2, -0.15) is 0 Å². The second kappa shape index (κ2) is 5.84. The molecule has 1 N–H and O–H groups in total. The molecule has 1 rings (SSSR count). The summed E-state index contributed by atoms with van der Waals surface area (Å²) in [6.07, 6.45) is -0.810. The largest absolute Gasteiger partial charge is 0.479 e. The summed E-state index contributed by atoms with van der Waals surface area (Å²) in [6, 6.07) is 9.46. The molecule has 0 spiro atoms. The molecule has 0 aliphatic carbocycles. The van der Waals surface area contributed by atoms with Crippen molar-refractivity contribution >= 4 is 5.97 Å². The van der Waals surface area contributed by atoms with Crippen molar-refractivity contribution in [2.75, 3.05) is 6.61 Å². The van der Waals surface area contributed by atoms with Gasteiger partial charge in [0.2, 0.25) is 0 Å². The van der Waals surface area contributed by atoms with Gasteiger partial charge in [-0.1, -0.05) is 30.0 Å². The fourth-order valence-electron chi connectivity index (χ4n) is 0.898. The first-order chi connectivity index (χ1) is 7.20. The van der Waals surface area contributed by atoms with Crippen LogP contribution >= 0.6 is 0 Å². The van der Waals surface area contributed by atoms with Crippen LogP contribution in [-0.2, 0) is 9.53 Å². The Labute approximate surface area is 88.7 Å². The highest BCUT2D eigenvalue weighted by molar-refractivity contribution is 5.71. The lowest BCUT2D eigenvalue weighted by Gasteiger charge is -2.03. The number of aliphatic carboxylic acids is 1. The summed E-state index contributed by atoms with van der Waals surface area (Å²) in [5, 5.41) is 8.53. The molecule has 78 valence electrons. The minimum atomic E-state index is -0.975. The molecule has 0 aromatic heterocycles. The molecule has 3 heteroatoms. The maximum absolute atomic E-state index is 10.4. The monoisotopic (exact) mass is 204 g/mol. The van der Waals surface area contributed by atoms with E-state index in [2.05, 4.69) is 11.8 Å². The molecule has 0 bridgehead atoms. The first kappa shape index (κ1) is 11.3. The van der Waals surface area contributed by atoms with Crippen LogP contribution in [0.5, 0.6) is 0 Å². The third-order valence-corrected chi connectivity index (χ3v) is 1.76. The van der Waals surface area contributed by atoms with E-state index in [1.807, 2.05) is 30.3 Å². The van der Waals surface area contributed by atoms with Crippen LogP contribution in [0, 0.1) is 11.8 Å². The average molecular weight is 204 g/mol. The molecule has 0 aliphatic heterocycles. The Balaban J connectivity index is 2.38. The SMILES string of the molecule is C[C@H](OCC#Cc1ccccc1)C(=O)O. The van der Waals surface area contributed by atoms with E-state index >= 15 is 0 Å². The van der Waals surface area contributed by atoms with Crippen LogP contribution in [0.1, 0.15) is 12.5 Å². The van der Waals surface area contributed by atoms with Crippen molar-refractivity contribution < 1.29 is 14.6 Å². The normalized spacial score (nSPS) is 11.3. The summed E-state index contributed by atoms with van der Waals surface area (Å²) in [4.78, 5) is 10.4. The predicted molar refractivity (Wildman–Crippen MR) is 56.4 cm³/mol. The van der Waals surface area contributed by atoms with Crippen molar-refractivity contribution in [3.63, 3.8) is 0 Å². The van der Waals surface area contributed by atoms with Gasteiger partial charge in [0, 0.05) is 5.56 Å². The lowest BCUT2D eigenvalue weighted by atomic mass is 10.2. The van der Waals surface area contributed by atoms with Gasteiger partial charge in [0.15, 0.2) is 6.10 Å². The number of benzene rings is 1. The van der Waals surface area contributed by atoms with Gasteiger partial charge in [-0.15, -0.1) is 0 Å². The highest BCUT2D eigenvalue weighted by Gasteiger charge is 2.08. The molecule has 0 aliphatic rings. The van der Waals surface area contributed by atoms with E-state index in [1.165, 1.54) is 6.92 Å². The molecule has 0 radical (unpaired) electrons. The van der Waals surface area contributed by atoms with Gasteiger partial charge >= 0.3 is 5.97 Å². The minimum Gasteiger partial charge on any atom is -0.479 e. The molecule has 1 atom stereocenters. The highest BCUT2D eigenvalue weighted by Crippen LogP contribution is 1.95. The average Bonchev–Trinajstić information content (AvgIpc) is 2.25.